The molecule has 2 aromatic carbocycles. The lowest BCUT2D eigenvalue weighted by atomic mass is 10.1. The monoisotopic (exact) mass is 310 g/mol. The van der Waals surface area contributed by atoms with Crippen LogP contribution < -0.4 is 19.5 Å². The number of nitrogens with zero attached hydrogens (tertiary/aromatic N) is 1. The van der Waals surface area contributed by atoms with Crippen LogP contribution in [-0.2, 0) is 0 Å². The Hall–Kier alpha value is -2.95. The van der Waals surface area contributed by atoms with Crippen molar-refractivity contribution in [2.75, 3.05) is 26.6 Å². The summed E-state index contributed by atoms with van der Waals surface area (Å²) in [6, 6.07) is 13.7. The molecule has 0 bridgehead atoms. The number of para-hydroxylation sites is 1. The Balaban J connectivity index is 2.05. The van der Waals surface area contributed by atoms with Crippen molar-refractivity contribution in [1.29, 1.82) is 0 Å². The van der Waals surface area contributed by atoms with Crippen LogP contribution in [0.15, 0.2) is 48.7 Å². The van der Waals surface area contributed by atoms with E-state index in [4.69, 9.17) is 14.2 Å². The molecule has 1 aromatic heterocycles. The number of benzene rings is 2. The van der Waals surface area contributed by atoms with Crippen molar-refractivity contribution in [3.05, 3.63) is 48.7 Å². The van der Waals surface area contributed by atoms with Crippen LogP contribution in [0.1, 0.15) is 0 Å². The van der Waals surface area contributed by atoms with Gasteiger partial charge >= 0.3 is 0 Å². The summed E-state index contributed by atoms with van der Waals surface area (Å²) in [5.74, 6) is 1.78. The molecule has 0 unspecified atom stereocenters. The van der Waals surface area contributed by atoms with Gasteiger partial charge < -0.3 is 19.5 Å². The molecule has 0 spiro atoms. The second-order valence-electron chi connectivity index (χ2n) is 4.91. The van der Waals surface area contributed by atoms with E-state index in [1.807, 2.05) is 42.5 Å². The first-order chi connectivity index (χ1) is 11.3. The quantitative estimate of drug-likeness (QED) is 0.772. The third kappa shape index (κ3) is 2.85. The summed E-state index contributed by atoms with van der Waals surface area (Å²) in [7, 11) is 4.79. The molecular formula is C18H18N2O3. The number of anilines is 2. The van der Waals surface area contributed by atoms with Crippen molar-refractivity contribution in [1.82, 2.24) is 4.98 Å². The third-order valence-electron chi connectivity index (χ3n) is 3.59. The molecule has 118 valence electrons. The van der Waals surface area contributed by atoms with Gasteiger partial charge in [-0.2, -0.15) is 0 Å². The van der Waals surface area contributed by atoms with E-state index in [2.05, 4.69) is 10.3 Å². The van der Waals surface area contributed by atoms with Gasteiger partial charge in [0, 0.05) is 35.1 Å². The van der Waals surface area contributed by atoms with E-state index in [1.165, 1.54) is 0 Å². The molecule has 23 heavy (non-hydrogen) atoms. The maximum absolute atomic E-state index is 5.39. The maximum Gasteiger partial charge on any atom is 0.203 e. The average molecular weight is 310 g/mol. The zero-order valence-corrected chi connectivity index (χ0v) is 13.3. The molecule has 0 saturated heterocycles. The van der Waals surface area contributed by atoms with Crippen molar-refractivity contribution in [2.45, 2.75) is 0 Å². The fraction of sp³-hybridized carbons (Fsp3) is 0.167. The summed E-state index contributed by atoms with van der Waals surface area (Å²) in [4.78, 5) is 4.37. The Kier molecular flexibility index (Phi) is 4.19. The summed E-state index contributed by atoms with van der Waals surface area (Å²) in [6.45, 7) is 0. The molecule has 5 heteroatoms. The number of hydrogen-bond acceptors (Lipinski definition) is 5. The average Bonchev–Trinajstić information content (AvgIpc) is 2.61. The highest BCUT2D eigenvalue weighted by Gasteiger charge is 2.13. The predicted octanol–water partition coefficient (Wildman–Crippen LogP) is 4.00. The highest BCUT2D eigenvalue weighted by Crippen LogP contribution is 2.41. The number of ether oxygens (including phenoxy) is 3. The minimum absolute atomic E-state index is 0.570. The van der Waals surface area contributed by atoms with Crippen LogP contribution >= 0.6 is 0 Å². The predicted molar refractivity (Wildman–Crippen MR) is 91.1 cm³/mol. The topological polar surface area (TPSA) is 52.6 Å². The highest BCUT2D eigenvalue weighted by molar-refractivity contribution is 5.93. The molecule has 0 aliphatic carbocycles. The summed E-state index contributed by atoms with van der Waals surface area (Å²) in [6.07, 6.45) is 1.78. The molecule has 1 N–H and O–H groups in total. The lowest BCUT2D eigenvalue weighted by Gasteiger charge is -2.15. The molecular weight excluding hydrogens is 292 g/mol. The largest absolute Gasteiger partial charge is 0.493 e. The Morgan fingerprint density at radius 3 is 2.22 bits per heavy atom. The number of rotatable bonds is 5. The molecule has 0 saturated carbocycles. The minimum Gasteiger partial charge on any atom is -0.493 e. The summed E-state index contributed by atoms with van der Waals surface area (Å²) >= 11 is 0. The Labute approximate surface area is 134 Å². The lowest BCUT2D eigenvalue weighted by molar-refractivity contribution is 0.324. The van der Waals surface area contributed by atoms with Crippen molar-refractivity contribution < 1.29 is 14.2 Å². The fourth-order valence-corrected chi connectivity index (χ4v) is 2.51. The summed E-state index contributed by atoms with van der Waals surface area (Å²) < 4.78 is 16.1. The second-order valence-corrected chi connectivity index (χ2v) is 4.91. The van der Waals surface area contributed by atoms with Crippen LogP contribution in [0.3, 0.4) is 0 Å². The minimum atomic E-state index is 0.570. The molecule has 5 nitrogen and oxygen atoms in total. The Morgan fingerprint density at radius 2 is 1.57 bits per heavy atom. The van der Waals surface area contributed by atoms with Gasteiger partial charge in [-0.25, -0.2) is 0 Å². The van der Waals surface area contributed by atoms with Gasteiger partial charge in [-0.05, 0) is 12.1 Å². The van der Waals surface area contributed by atoms with Gasteiger partial charge in [0.05, 0.1) is 26.8 Å². The van der Waals surface area contributed by atoms with Crippen molar-refractivity contribution in [3.8, 4) is 17.2 Å². The zero-order chi connectivity index (χ0) is 16.2. The standard InChI is InChI=1S/C18H18N2O3/c1-21-16-10-12(11-17(22-2)18(16)23-3)20-15-8-9-19-14-7-5-4-6-13(14)15/h4-11H,1-3H3,(H,19,20). The molecule has 3 aromatic rings. The Morgan fingerprint density at radius 1 is 0.870 bits per heavy atom. The molecule has 1 heterocycles. The van der Waals surface area contributed by atoms with Gasteiger partial charge in [-0.3, -0.25) is 4.98 Å². The molecule has 0 radical (unpaired) electrons. The number of nitrogens with one attached hydrogen (secondary N) is 1. The van der Waals surface area contributed by atoms with E-state index in [0.717, 1.165) is 22.3 Å². The van der Waals surface area contributed by atoms with Crippen LogP contribution in [0.2, 0.25) is 0 Å². The number of fused-ring (bicyclic) bond motifs is 1. The van der Waals surface area contributed by atoms with E-state index in [9.17, 15) is 0 Å². The van der Waals surface area contributed by atoms with Crippen molar-refractivity contribution in [3.63, 3.8) is 0 Å². The number of hydrogen-bond donors (Lipinski definition) is 1. The van der Waals surface area contributed by atoms with Crippen LogP contribution in [0, 0.1) is 0 Å². The first-order valence-electron chi connectivity index (χ1n) is 7.17. The van der Waals surface area contributed by atoms with Crippen LogP contribution in [-0.4, -0.2) is 26.3 Å². The van der Waals surface area contributed by atoms with Crippen LogP contribution in [0.25, 0.3) is 10.9 Å². The van der Waals surface area contributed by atoms with Crippen molar-refractivity contribution >= 4 is 22.3 Å². The van der Waals surface area contributed by atoms with Crippen LogP contribution in [0.4, 0.5) is 11.4 Å². The SMILES string of the molecule is COc1cc(Nc2ccnc3ccccc23)cc(OC)c1OC. The maximum atomic E-state index is 5.39. The van der Waals surface area contributed by atoms with E-state index in [1.54, 1.807) is 27.5 Å². The summed E-state index contributed by atoms with van der Waals surface area (Å²) in [5.41, 5.74) is 2.74. The van der Waals surface area contributed by atoms with Gasteiger partial charge in [0.2, 0.25) is 5.75 Å². The highest BCUT2D eigenvalue weighted by atomic mass is 16.5. The van der Waals surface area contributed by atoms with Crippen LogP contribution in [0.5, 0.6) is 17.2 Å². The molecule has 0 aliphatic heterocycles. The molecule has 3 rings (SSSR count). The summed E-state index contributed by atoms with van der Waals surface area (Å²) in [5, 5.41) is 4.44. The normalized spacial score (nSPS) is 10.4. The second kappa shape index (κ2) is 6.44. The van der Waals surface area contributed by atoms with Gasteiger partial charge in [0.15, 0.2) is 11.5 Å². The van der Waals surface area contributed by atoms with E-state index >= 15 is 0 Å². The van der Waals surface area contributed by atoms with E-state index < -0.39 is 0 Å². The molecule has 0 fully saturated rings. The van der Waals surface area contributed by atoms with Gasteiger partial charge in [-0.15, -0.1) is 0 Å². The number of aromatic nitrogens is 1. The Bertz CT molecular complexity index is 803. The van der Waals surface area contributed by atoms with Gasteiger partial charge in [0.25, 0.3) is 0 Å². The molecule has 0 atom stereocenters. The van der Waals surface area contributed by atoms with Crippen molar-refractivity contribution in [2.24, 2.45) is 0 Å². The fourth-order valence-electron chi connectivity index (χ4n) is 2.51. The van der Waals surface area contributed by atoms with Gasteiger partial charge in [-0.1, -0.05) is 18.2 Å². The number of pyridine rings is 1. The zero-order valence-electron chi connectivity index (χ0n) is 13.3. The third-order valence-corrected chi connectivity index (χ3v) is 3.59. The van der Waals surface area contributed by atoms with Gasteiger partial charge in [0.1, 0.15) is 0 Å². The number of methoxy groups -OCH3 is 3. The molecule has 0 aliphatic rings. The molecule has 0 amide bonds. The first kappa shape index (κ1) is 15.0. The first-order valence-corrected chi connectivity index (χ1v) is 7.17. The van der Waals surface area contributed by atoms with E-state index in [-0.39, 0.29) is 0 Å². The lowest BCUT2D eigenvalue weighted by Crippen LogP contribution is -1.98. The van der Waals surface area contributed by atoms with E-state index in [0.29, 0.717) is 17.2 Å². The smallest absolute Gasteiger partial charge is 0.203 e.